The van der Waals surface area contributed by atoms with E-state index in [2.05, 4.69) is 31.7 Å². The second kappa shape index (κ2) is 4.17. The van der Waals surface area contributed by atoms with Crippen molar-refractivity contribution < 1.29 is 0 Å². The number of hydrogen-bond donors (Lipinski definition) is 0. The molecule has 0 amide bonds. The van der Waals surface area contributed by atoms with E-state index < -0.39 is 0 Å². The number of nitrogens with zero attached hydrogens (tertiary/aromatic N) is 2. The number of likely N-dealkylation sites (tertiary alicyclic amines) is 1. The van der Waals surface area contributed by atoms with Crippen molar-refractivity contribution in [3.05, 3.63) is 0 Å². The van der Waals surface area contributed by atoms with Crippen molar-refractivity contribution in [3.8, 4) is 6.07 Å². The van der Waals surface area contributed by atoms with Gasteiger partial charge in [0.15, 0.2) is 0 Å². The molecule has 0 aromatic carbocycles. The monoisotopic (exact) mass is 196 g/mol. The lowest BCUT2D eigenvalue weighted by atomic mass is 9.83. The van der Waals surface area contributed by atoms with E-state index in [1.54, 1.807) is 0 Å². The summed E-state index contributed by atoms with van der Waals surface area (Å²) in [5.41, 5.74) is 0. The summed E-state index contributed by atoms with van der Waals surface area (Å²) in [4.78, 5) is 3.26. The van der Waals surface area contributed by atoms with E-state index in [1.165, 1.54) is 0 Å². The van der Waals surface area contributed by atoms with Gasteiger partial charge in [-0.05, 0) is 18.8 Å². The lowest BCUT2D eigenvalue weighted by molar-refractivity contribution is 0.161. The maximum atomic E-state index is 8.64. The fourth-order valence-corrected chi connectivity index (χ4v) is 2.20. The van der Waals surface area contributed by atoms with E-state index in [4.69, 9.17) is 17.5 Å². The van der Waals surface area contributed by atoms with Crippen molar-refractivity contribution in [2.75, 3.05) is 13.1 Å². The van der Waals surface area contributed by atoms with Crippen molar-refractivity contribution in [1.82, 2.24) is 4.90 Å². The Hall–Kier alpha value is -0.460. The van der Waals surface area contributed by atoms with Crippen molar-refractivity contribution in [1.29, 1.82) is 5.26 Å². The Morgan fingerprint density at radius 1 is 1.54 bits per heavy atom. The van der Waals surface area contributed by atoms with Crippen LogP contribution >= 0.6 is 12.2 Å². The molecule has 0 radical (unpaired) electrons. The third-order valence-corrected chi connectivity index (χ3v) is 3.77. The zero-order chi connectivity index (χ0) is 10.0. The van der Waals surface area contributed by atoms with Crippen LogP contribution in [-0.2, 0) is 0 Å². The highest BCUT2D eigenvalue weighted by Crippen LogP contribution is 2.26. The molecule has 1 aliphatic heterocycles. The molecule has 0 aromatic heterocycles. The minimum absolute atomic E-state index is 0.473. The van der Waals surface area contributed by atoms with E-state index in [1.807, 2.05) is 0 Å². The van der Waals surface area contributed by atoms with E-state index in [0.29, 0.717) is 24.4 Å². The molecule has 72 valence electrons. The number of piperidine rings is 1. The predicted octanol–water partition coefficient (Wildman–Crippen LogP) is 1.86. The SMILES string of the molecule is CC1C(=S)CN(CC#N)C(C)C1C. The molecule has 3 unspecified atom stereocenters. The molecule has 1 rings (SSSR count). The fourth-order valence-electron chi connectivity index (χ4n) is 1.82. The van der Waals surface area contributed by atoms with Crippen LogP contribution in [0.25, 0.3) is 0 Å². The summed E-state index contributed by atoms with van der Waals surface area (Å²) in [6.07, 6.45) is 0. The van der Waals surface area contributed by atoms with Crippen LogP contribution in [0.15, 0.2) is 0 Å². The first-order valence-electron chi connectivity index (χ1n) is 4.71. The lowest BCUT2D eigenvalue weighted by Gasteiger charge is -2.40. The van der Waals surface area contributed by atoms with Crippen LogP contribution < -0.4 is 0 Å². The normalized spacial score (nSPS) is 35.8. The Kier molecular flexibility index (Phi) is 3.40. The van der Waals surface area contributed by atoms with Crippen LogP contribution in [0.2, 0.25) is 0 Å². The Morgan fingerprint density at radius 2 is 2.15 bits per heavy atom. The molecule has 3 heteroatoms. The van der Waals surface area contributed by atoms with Crippen LogP contribution in [0.3, 0.4) is 0 Å². The minimum Gasteiger partial charge on any atom is -0.283 e. The molecular weight excluding hydrogens is 180 g/mol. The molecule has 0 bridgehead atoms. The number of hydrogen-bond acceptors (Lipinski definition) is 3. The van der Waals surface area contributed by atoms with Gasteiger partial charge in [-0.15, -0.1) is 0 Å². The van der Waals surface area contributed by atoms with Gasteiger partial charge in [0.25, 0.3) is 0 Å². The summed E-state index contributed by atoms with van der Waals surface area (Å²) in [7, 11) is 0. The molecule has 1 heterocycles. The van der Waals surface area contributed by atoms with Crippen LogP contribution in [0, 0.1) is 23.2 Å². The van der Waals surface area contributed by atoms with Gasteiger partial charge in [-0.1, -0.05) is 26.1 Å². The maximum absolute atomic E-state index is 8.64. The average molecular weight is 196 g/mol. The first-order chi connectivity index (χ1) is 6.07. The molecule has 0 saturated carbocycles. The molecule has 1 aliphatic rings. The van der Waals surface area contributed by atoms with Crippen LogP contribution in [0.1, 0.15) is 20.8 Å². The summed E-state index contributed by atoms with van der Waals surface area (Å²) >= 11 is 5.30. The van der Waals surface area contributed by atoms with Gasteiger partial charge in [-0.25, -0.2) is 0 Å². The second-order valence-corrected chi connectivity index (χ2v) is 4.44. The van der Waals surface area contributed by atoms with Crippen LogP contribution in [0.4, 0.5) is 0 Å². The maximum Gasteiger partial charge on any atom is 0.0871 e. The van der Waals surface area contributed by atoms with Crippen molar-refractivity contribution in [2.45, 2.75) is 26.8 Å². The highest BCUT2D eigenvalue weighted by molar-refractivity contribution is 7.80. The zero-order valence-corrected chi connectivity index (χ0v) is 9.27. The van der Waals surface area contributed by atoms with E-state index in [0.717, 1.165) is 11.4 Å². The van der Waals surface area contributed by atoms with Gasteiger partial charge in [0, 0.05) is 17.5 Å². The third kappa shape index (κ3) is 2.07. The number of thiocarbonyl (C=S) groups is 1. The predicted molar refractivity (Wildman–Crippen MR) is 57.6 cm³/mol. The quantitative estimate of drug-likeness (QED) is 0.473. The van der Waals surface area contributed by atoms with Gasteiger partial charge in [0.2, 0.25) is 0 Å². The summed E-state index contributed by atoms with van der Waals surface area (Å²) in [6.45, 7) is 7.90. The average Bonchev–Trinajstić information content (AvgIpc) is 2.11. The van der Waals surface area contributed by atoms with Gasteiger partial charge >= 0.3 is 0 Å². The molecular formula is C10H16N2S. The van der Waals surface area contributed by atoms with Gasteiger partial charge in [0.05, 0.1) is 12.6 Å². The molecule has 1 fully saturated rings. The molecule has 0 spiro atoms. The zero-order valence-electron chi connectivity index (χ0n) is 8.45. The second-order valence-electron chi connectivity index (χ2n) is 3.92. The van der Waals surface area contributed by atoms with Gasteiger partial charge < -0.3 is 0 Å². The summed E-state index contributed by atoms with van der Waals surface area (Å²) < 4.78 is 0. The van der Waals surface area contributed by atoms with E-state index in [-0.39, 0.29) is 0 Å². The van der Waals surface area contributed by atoms with Crippen molar-refractivity contribution >= 4 is 17.1 Å². The van der Waals surface area contributed by atoms with Gasteiger partial charge in [0.1, 0.15) is 0 Å². The Bertz CT molecular complexity index is 244. The highest BCUT2D eigenvalue weighted by Gasteiger charge is 2.32. The standard InChI is InChI=1S/C10H16N2S/c1-7-8(2)10(13)6-12(5-4-11)9(7)3/h7-9H,5-6H2,1-3H3. The first kappa shape index (κ1) is 10.6. The number of nitriles is 1. The number of rotatable bonds is 1. The molecule has 13 heavy (non-hydrogen) atoms. The van der Waals surface area contributed by atoms with E-state index >= 15 is 0 Å². The summed E-state index contributed by atoms with van der Waals surface area (Å²) in [5.74, 6) is 1.08. The molecule has 1 saturated heterocycles. The topological polar surface area (TPSA) is 27.0 Å². The minimum atomic E-state index is 0.473. The first-order valence-corrected chi connectivity index (χ1v) is 5.12. The largest absolute Gasteiger partial charge is 0.283 e. The van der Waals surface area contributed by atoms with Crippen molar-refractivity contribution in [3.63, 3.8) is 0 Å². The fraction of sp³-hybridized carbons (Fsp3) is 0.800. The highest BCUT2D eigenvalue weighted by atomic mass is 32.1. The van der Waals surface area contributed by atoms with Crippen molar-refractivity contribution in [2.24, 2.45) is 11.8 Å². The van der Waals surface area contributed by atoms with Gasteiger partial charge in [-0.2, -0.15) is 5.26 Å². The third-order valence-electron chi connectivity index (χ3n) is 3.27. The van der Waals surface area contributed by atoms with E-state index in [9.17, 15) is 0 Å². The van der Waals surface area contributed by atoms with Crippen LogP contribution in [-0.4, -0.2) is 28.9 Å². The Labute approximate surface area is 85.5 Å². The summed E-state index contributed by atoms with van der Waals surface area (Å²) in [5, 5.41) is 8.64. The smallest absolute Gasteiger partial charge is 0.0871 e. The molecule has 3 atom stereocenters. The van der Waals surface area contributed by atoms with Gasteiger partial charge in [-0.3, -0.25) is 4.90 Å². The van der Waals surface area contributed by atoms with Crippen LogP contribution in [0.5, 0.6) is 0 Å². The Balaban J connectivity index is 2.71. The molecule has 0 aromatic rings. The summed E-state index contributed by atoms with van der Waals surface area (Å²) in [6, 6.07) is 2.66. The molecule has 0 aliphatic carbocycles. The molecule has 2 nitrogen and oxygen atoms in total. The molecule has 0 N–H and O–H groups in total. The Morgan fingerprint density at radius 3 is 2.69 bits per heavy atom. The lowest BCUT2D eigenvalue weighted by Crippen LogP contribution is -2.50.